The minimum Gasteiger partial charge on any atom is -0.465 e. The second-order valence-corrected chi connectivity index (χ2v) is 5.60. The fourth-order valence-corrected chi connectivity index (χ4v) is 2.32. The summed E-state index contributed by atoms with van der Waals surface area (Å²) >= 11 is 0. The smallest absolute Gasteiger partial charge is 0.325 e. The van der Waals surface area contributed by atoms with E-state index in [0.717, 1.165) is 17.9 Å². The van der Waals surface area contributed by atoms with Gasteiger partial charge in [-0.15, -0.1) is 0 Å². The number of halogens is 1. The molecule has 0 aliphatic heterocycles. The summed E-state index contributed by atoms with van der Waals surface area (Å²) in [7, 11) is 0. The highest BCUT2D eigenvalue weighted by Crippen LogP contribution is 2.18. The summed E-state index contributed by atoms with van der Waals surface area (Å²) in [6.07, 6.45) is 0. The zero-order valence-electron chi connectivity index (χ0n) is 13.4. The number of rotatable bonds is 6. The van der Waals surface area contributed by atoms with Crippen LogP contribution in [0.3, 0.4) is 0 Å². The Morgan fingerprint density at radius 3 is 2.77 bits per heavy atom. The maximum atomic E-state index is 13.3. The van der Waals surface area contributed by atoms with Gasteiger partial charge in [-0.05, 0) is 39.8 Å². The summed E-state index contributed by atoms with van der Waals surface area (Å²) in [5, 5.41) is 3.16. The maximum absolute atomic E-state index is 13.3. The van der Waals surface area contributed by atoms with Crippen LogP contribution in [-0.2, 0) is 22.6 Å². The third kappa shape index (κ3) is 3.27. The minimum absolute atomic E-state index is 0.305. The zero-order chi connectivity index (χ0) is 16.3. The van der Waals surface area contributed by atoms with Gasteiger partial charge in [-0.3, -0.25) is 10.1 Å². The van der Waals surface area contributed by atoms with E-state index in [1.165, 1.54) is 12.1 Å². The molecule has 1 aromatic heterocycles. The van der Waals surface area contributed by atoms with Crippen molar-refractivity contribution in [2.45, 2.75) is 46.3 Å². The third-order valence-corrected chi connectivity index (χ3v) is 3.58. The highest BCUT2D eigenvalue weighted by Gasteiger charge is 2.29. The largest absolute Gasteiger partial charge is 0.465 e. The van der Waals surface area contributed by atoms with Gasteiger partial charge in [0.25, 0.3) is 0 Å². The Balaban J connectivity index is 2.22. The first kappa shape index (κ1) is 16.4. The lowest BCUT2D eigenvalue weighted by atomic mass is 10.1. The molecule has 0 unspecified atom stereocenters. The number of esters is 1. The molecule has 1 aromatic carbocycles. The average molecular weight is 307 g/mol. The predicted octanol–water partition coefficient (Wildman–Crippen LogP) is 2.63. The van der Waals surface area contributed by atoms with Crippen LogP contribution in [0.5, 0.6) is 0 Å². The number of fused-ring (bicyclic) bond motifs is 1. The Morgan fingerprint density at radius 1 is 1.41 bits per heavy atom. The van der Waals surface area contributed by atoms with E-state index < -0.39 is 5.54 Å². The molecule has 0 radical (unpaired) electrons. The zero-order valence-corrected chi connectivity index (χ0v) is 13.4. The van der Waals surface area contributed by atoms with Crippen LogP contribution < -0.4 is 5.32 Å². The van der Waals surface area contributed by atoms with Gasteiger partial charge >= 0.3 is 5.97 Å². The Labute approximate surface area is 129 Å². The predicted molar refractivity (Wildman–Crippen MR) is 82.9 cm³/mol. The van der Waals surface area contributed by atoms with Crippen molar-refractivity contribution in [2.75, 3.05) is 6.61 Å². The molecule has 120 valence electrons. The van der Waals surface area contributed by atoms with E-state index in [9.17, 15) is 9.18 Å². The van der Waals surface area contributed by atoms with Crippen molar-refractivity contribution in [1.29, 1.82) is 0 Å². The number of nitrogens with one attached hydrogen (secondary N) is 1. The molecule has 1 N–H and O–H groups in total. The third-order valence-electron chi connectivity index (χ3n) is 3.58. The number of benzene rings is 1. The van der Waals surface area contributed by atoms with Crippen molar-refractivity contribution in [3.63, 3.8) is 0 Å². The molecule has 0 spiro atoms. The van der Waals surface area contributed by atoms with E-state index in [1.54, 1.807) is 26.8 Å². The highest BCUT2D eigenvalue weighted by molar-refractivity contribution is 5.80. The molecule has 0 saturated heterocycles. The summed E-state index contributed by atoms with van der Waals surface area (Å²) in [5.41, 5.74) is 0.694. The van der Waals surface area contributed by atoms with Gasteiger partial charge in [0.15, 0.2) is 0 Å². The number of aromatic nitrogens is 2. The normalized spacial score (nSPS) is 11.9. The molecule has 0 bridgehead atoms. The van der Waals surface area contributed by atoms with Crippen LogP contribution in [0.2, 0.25) is 0 Å². The molecule has 0 aliphatic carbocycles. The molecule has 0 saturated carbocycles. The molecule has 2 rings (SSSR count). The lowest BCUT2D eigenvalue weighted by molar-refractivity contribution is -0.149. The number of hydrogen-bond acceptors (Lipinski definition) is 4. The topological polar surface area (TPSA) is 56.1 Å². The van der Waals surface area contributed by atoms with Crippen molar-refractivity contribution < 1.29 is 13.9 Å². The van der Waals surface area contributed by atoms with Crippen LogP contribution in [0.1, 0.15) is 33.5 Å². The fourth-order valence-electron chi connectivity index (χ4n) is 2.32. The molecule has 1 heterocycles. The van der Waals surface area contributed by atoms with Crippen LogP contribution in [0.4, 0.5) is 4.39 Å². The molecule has 0 fully saturated rings. The molecule has 6 heteroatoms. The Hall–Kier alpha value is -1.95. The molecule has 0 amide bonds. The first-order chi connectivity index (χ1) is 10.4. The molecule has 2 aromatic rings. The highest BCUT2D eigenvalue weighted by atomic mass is 19.1. The number of ether oxygens (including phenoxy) is 1. The second kappa shape index (κ2) is 6.44. The van der Waals surface area contributed by atoms with Gasteiger partial charge in [0.2, 0.25) is 0 Å². The number of hydrogen-bond donors (Lipinski definition) is 1. The number of nitrogens with zero attached hydrogens (tertiary/aromatic N) is 2. The van der Waals surface area contributed by atoms with Crippen molar-refractivity contribution in [3.8, 4) is 0 Å². The quantitative estimate of drug-likeness (QED) is 0.834. The summed E-state index contributed by atoms with van der Waals surface area (Å²) < 4.78 is 20.4. The second-order valence-electron chi connectivity index (χ2n) is 5.60. The van der Waals surface area contributed by atoms with E-state index in [1.807, 2.05) is 11.5 Å². The van der Waals surface area contributed by atoms with Crippen LogP contribution in [0, 0.1) is 5.82 Å². The van der Waals surface area contributed by atoms with E-state index in [2.05, 4.69) is 10.3 Å². The lowest BCUT2D eigenvalue weighted by Crippen LogP contribution is -2.47. The van der Waals surface area contributed by atoms with Gasteiger partial charge < -0.3 is 9.30 Å². The van der Waals surface area contributed by atoms with Gasteiger partial charge in [-0.25, -0.2) is 9.37 Å². The van der Waals surface area contributed by atoms with Gasteiger partial charge in [0.1, 0.15) is 17.2 Å². The molecule has 5 nitrogen and oxygen atoms in total. The molecule has 22 heavy (non-hydrogen) atoms. The fraction of sp³-hybridized carbons (Fsp3) is 0.500. The van der Waals surface area contributed by atoms with E-state index in [4.69, 9.17) is 4.74 Å². The van der Waals surface area contributed by atoms with Crippen LogP contribution in [0.25, 0.3) is 11.0 Å². The number of aryl methyl sites for hydroxylation is 1. The summed E-state index contributed by atoms with van der Waals surface area (Å²) in [5.74, 6) is 0.153. The van der Waals surface area contributed by atoms with Crippen LogP contribution >= 0.6 is 0 Å². The van der Waals surface area contributed by atoms with Crippen molar-refractivity contribution in [1.82, 2.24) is 14.9 Å². The molecule has 0 atom stereocenters. The van der Waals surface area contributed by atoms with Crippen LogP contribution in [0.15, 0.2) is 18.2 Å². The Bertz CT molecular complexity index is 679. The van der Waals surface area contributed by atoms with Crippen molar-refractivity contribution in [2.24, 2.45) is 0 Å². The monoisotopic (exact) mass is 307 g/mol. The minimum atomic E-state index is -0.808. The lowest BCUT2D eigenvalue weighted by Gasteiger charge is -2.23. The number of imidazole rings is 1. The van der Waals surface area contributed by atoms with Crippen LogP contribution in [-0.4, -0.2) is 27.7 Å². The maximum Gasteiger partial charge on any atom is 0.325 e. The first-order valence-electron chi connectivity index (χ1n) is 7.46. The van der Waals surface area contributed by atoms with Crippen molar-refractivity contribution in [3.05, 3.63) is 29.8 Å². The Kier molecular flexibility index (Phi) is 4.81. The first-order valence-corrected chi connectivity index (χ1v) is 7.46. The molecule has 0 aliphatic rings. The molecular formula is C16H22FN3O2. The summed E-state index contributed by atoms with van der Waals surface area (Å²) in [6, 6.07) is 4.57. The van der Waals surface area contributed by atoms with Gasteiger partial charge in [-0.2, -0.15) is 0 Å². The number of carbonyl (C=O) groups is 1. The number of carbonyl (C=O) groups excluding carboxylic acids is 1. The van der Waals surface area contributed by atoms with Gasteiger partial charge in [-0.1, -0.05) is 0 Å². The van der Waals surface area contributed by atoms with Crippen molar-refractivity contribution >= 4 is 17.0 Å². The summed E-state index contributed by atoms with van der Waals surface area (Å²) in [6.45, 7) is 8.78. The summed E-state index contributed by atoms with van der Waals surface area (Å²) in [4.78, 5) is 16.4. The van der Waals surface area contributed by atoms with Gasteiger partial charge in [0.05, 0.1) is 24.2 Å². The Morgan fingerprint density at radius 2 is 2.14 bits per heavy atom. The standard InChI is InChI=1S/C16H22FN3O2/c1-5-20-13-8-7-11(17)9-12(13)19-14(20)10-18-16(3,4)15(21)22-6-2/h7-9,18H,5-6,10H2,1-4H3. The van der Waals surface area contributed by atoms with Gasteiger partial charge in [0, 0.05) is 12.6 Å². The van der Waals surface area contributed by atoms with E-state index in [0.29, 0.717) is 18.7 Å². The molecular weight excluding hydrogens is 285 g/mol. The van der Waals surface area contributed by atoms with E-state index >= 15 is 0 Å². The average Bonchev–Trinajstić information content (AvgIpc) is 2.82. The SMILES string of the molecule is CCOC(=O)C(C)(C)NCc1nc2cc(F)ccc2n1CC. The van der Waals surface area contributed by atoms with E-state index in [-0.39, 0.29) is 11.8 Å².